The fourth-order valence-corrected chi connectivity index (χ4v) is 3.16. The number of aliphatic hydroxyl groups excluding tert-OH is 1. The molecule has 3 nitrogen and oxygen atoms in total. The summed E-state index contributed by atoms with van der Waals surface area (Å²) in [6, 6.07) is 9.06. The molecule has 0 radical (unpaired) electrons. The second-order valence-corrected chi connectivity index (χ2v) is 6.47. The van der Waals surface area contributed by atoms with Crippen LogP contribution in [0.3, 0.4) is 0 Å². The maximum absolute atomic E-state index is 9.46. The molecule has 2 atom stereocenters. The number of hydrogen-bond donors (Lipinski definition) is 1. The molecule has 0 aliphatic carbocycles. The molecule has 1 N–H and O–H groups in total. The van der Waals surface area contributed by atoms with Gasteiger partial charge in [-0.3, -0.25) is 9.80 Å². The van der Waals surface area contributed by atoms with Gasteiger partial charge in [0.25, 0.3) is 0 Å². The minimum absolute atomic E-state index is 0.233. The van der Waals surface area contributed by atoms with Crippen molar-refractivity contribution in [1.82, 2.24) is 9.80 Å². The summed E-state index contributed by atoms with van der Waals surface area (Å²) in [7, 11) is 0. The van der Waals surface area contributed by atoms with Gasteiger partial charge in [0, 0.05) is 43.2 Å². The summed E-state index contributed by atoms with van der Waals surface area (Å²) in [5.74, 6) is 0. The first-order valence-electron chi connectivity index (χ1n) is 6.93. The summed E-state index contributed by atoms with van der Waals surface area (Å²) in [5.41, 5.74) is 1.35. The van der Waals surface area contributed by atoms with E-state index in [9.17, 15) is 5.11 Å². The highest BCUT2D eigenvalue weighted by Gasteiger charge is 2.24. The molecule has 4 heteroatoms. The quantitative estimate of drug-likeness (QED) is 0.920. The summed E-state index contributed by atoms with van der Waals surface area (Å²) >= 11 is 3.52. The number of β-amino-alcohol motifs (C(OH)–C–C–N with tert-alkyl or cyclic N) is 1. The number of hydrogen-bond acceptors (Lipinski definition) is 3. The lowest BCUT2D eigenvalue weighted by Crippen LogP contribution is -2.52. The Labute approximate surface area is 124 Å². The van der Waals surface area contributed by atoms with Crippen LogP contribution in [0, 0.1) is 0 Å². The molecule has 0 spiro atoms. The van der Waals surface area contributed by atoms with E-state index in [1.165, 1.54) is 5.56 Å². The van der Waals surface area contributed by atoms with Crippen molar-refractivity contribution >= 4 is 15.9 Å². The molecule has 2 unspecified atom stereocenters. The number of halogens is 1. The largest absolute Gasteiger partial charge is 0.392 e. The van der Waals surface area contributed by atoms with Crippen molar-refractivity contribution in [3.63, 3.8) is 0 Å². The Morgan fingerprint density at radius 1 is 1.42 bits per heavy atom. The van der Waals surface area contributed by atoms with Gasteiger partial charge in [0.1, 0.15) is 0 Å². The van der Waals surface area contributed by atoms with Crippen LogP contribution in [-0.2, 0) is 6.54 Å². The molecular formula is C15H23BrN2O. The number of aliphatic hydroxyl groups is 1. The third-order valence-electron chi connectivity index (χ3n) is 3.65. The van der Waals surface area contributed by atoms with Gasteiger partial charge in [0.2, 0.25) is 0 Å². The second-order valence-electron chi connectivity index (χ2n) is 5.56. The molecule has 0 bridgehead atoms. The van der Waals surface area contributed by atoms with Crippen LogP contribution in [0.1, 0.15) is 19.4 Å². The molecule has 2 rings (SSSR count). The third kappa shape index (κ3) is 4.56. The molecule has 0 amide bonds. The van der Waals surface area contributed by atoms with Crippen LogP contribution in [0.2, 0.25) is 0 Å². The molecule has 1 aliphatic heterocycles. The van der Waals surface area contributed by atoms with Gasteiger partial charge < -0.3 is 5.11 Å². The van der Waals surface area contributed by atoms with E-state index in [4.69, 9.17) is 0 Å². The standard InChI is InChI=1S/C15H23BrN2O/c1-12-9-17(10-13(2)19)6-7-18(12)11-14-4-3-5-15(16)8-14/h3-5,8,12-13,19H,6-7,9-11H2,1-2H3. The maximum atomic E-state index is 9.46. The van der Waals surface area contributed by atoms with E-state index in [0.717, 1.165) is 37.2 Å². The van der Waals surface area contributed by atoms with E-state index < -0.39 is 0 Å². The molecular weight excluding hydrogens is 304 g/mol. The summed E-state index contributed by atoms with van der Waals surface area (Å²) < 4.78 is 1.14. The minimum Gasteiger partial charge on any atom is -0.392 e. The lowest BCUT2D eigenvalue weighted by Gasteiger charge is -2.40. The number of nitrogens with zero attached hydrogens (tertiary/aromatic N) is 2. The lowest BCUT2D eigenvalue weighted by molar-refractivity contribution is 0.0472. The maximum Gasteiger partial charge on any atom is 0.0639 e. The highest BCUT2D eigenvalue weighted by Crippen LogP contribution is 2.17. The molecule has 1 heterocycles. The van der Waals surface area contributed by atoms with E-state index in [-0.39, 0.29) is 6.10 Å². The summed E-state index contributed by atoms with van der Waals surface area (Å²) in [5, 5.41) is 9.46. The fourth-order valence-electron chi connectivity index (χ4n) is 2.71. The van der Waals surface area contributed by atoms with Crippen molar-refractivity contribution in [3.05, 3.63) is 34.3 Å². The monoisotopic (exact) mass is 326 g/mol. The molecule has 1 saturated heterocycles. The number of rotatable bonds is 4. The van der Waals surface area contributed by atoms with Gasteiger partial charge >= 0.3 is 0 Å². The smallest absolute Gasteiger partial charge is 0.0639 e. The zero-order valence-electron chi connectivity index (χ0n) is 11.7. The van der Waals surface area contributed by atoms with Crippen LogP contribution < -0.4 is 0 Å². The third-order valence-corrected chi connectivity index (χ3v) is 4.14. The van der Waals surface area contributed by atoms with Crippen molar-refractivity contribution in [2.24, 2.45) is 0 Å². The van der Waals surface area contributed by atoms with Crippen LogP contribution in [0.4, 0.5) is 0 Å². The van der Waals surface area contributed by atoms with Crippen LogP contribution in [-0.4, -0.2) is 53.2 Å². The normalized spacial score (nSPS) is 23.5. The zero-order valence-corrected chi connectivity index (χ0v) is 13.3. The highest BCUT2D eigenvalue weighted by atomic mass is 79.9. The van der Waals surface area contributed by atoms with Gasteiger partial charge in [0.15, 0.2) is 0 Å². The average Bonchev–Trinajstić information content (AvgIpc) is 2.32. The molecule has 1 aromatic rings. The molecule has 1 fully saturated rings. The zero-order chi connectivity index (χ0) is 13.8. The van der Waals surface area contributed by atoms with Crippen molar-refractivity contribution in [3.8, 4) is 0 Å². The predicted molar refractivity (Wildman–Crippen MR) is 82.1 cm³/mol. The van der Waals surface area contributed by atoms with E-state index in [2.05, 4.69) is 56.9 Å². The first kappa shape index (κ1) is 15.0. The van der Waals surface area contributed by atoms with Crippen molar-refractivity contribution < 1.29 is 5.11 Å². The van der Waals surface area contributed by atoms with Gasteiger partial charge in [-0.2, -0.15) is 0 Å². The Kier molecular flexibility index (Phi) is 5.39. The van der Waals surface area contributed by atoms with Crippen LogP contribution in [0.25, 0.3) is 0 Å². The molecule has 1 aromatic carbocycles. The van der Waals surface area contributed by atoms with Gasteiger partial charge in [-0.05, 0) is 31.5 Å². The lowest BCUT2D eigenvalue weighted by atomic mass is 10.1. The Hall–Kier alpha value is -0.420. The van der Waals surface area contributed by atoms with Crippen LogP contribution >= 0.6 is 15.9 Å². The number of benzene rings is 1. The topological polar surface area (TPSA) is 26.7 Å². The van der Waals surface area contributed by atoms with Crippen LogP contribution in [0.5, 0.6) is 0 Å². The van der Waals surface area contributed by atoms with E-state index in [1.807, 2.05) is 6.92 Å². The summed E-state index contributed by atoms with van der Waals surface area (Å²) in [6.07, 6.45) is -0.233. The average molecular weight is 327 g/mol. The Bertz CT molecular complexity index is 411. The molecule has 106 valence electrons. The van der Waals surface area contributed by atoms with Gasteiger partial charge in [-0.1, -0.05) is 28.1 Å². The Morgan fingerprint density at radius 3 is 2.84 bits per heavy atom. The van der Waals surface area contributed by atoms with Gasteiger partial charge in [0.05, 0.1) is 6.10 Å². The summed E-state index contributed by atoms with van der Waals surface area (Å²) in [4.78, 5) is 4.87. The highest BCUT2D eigenvalue weighted by molar-refractivity contribution is 9.10. The molecule has 19 heavy (non-hydrogen) atoms. The Balaban J connectivity index is 1.89. The number of piperazine rings is 1. The predicted octanol–water partition coefficient (Wildman–Crippen LogP) is 2.34. The summed E-state index contributed by atoms with van der Waals surface area (Å²) in [6.45, 7) is 9.07. The van der Waals surface area contributed by atoms with Crippen molar-refractivity contribution in [2.75, 3.05) is 26.2 Å². The molecule has 0 aromatic heterocycles. The molecule has 1 aliphatic rings. The molecule has 0 saturated carbocycles. The van der Waals surface area contributed by atoms with Crippen molar-refractivity contribution in [2.45, 2.75) is 32.5 Å². The first-order valence-corrected chi connectivity index (χ1v) is 7.73. The van der Waals surface area contributed by atoms with Crippen LogP contribution in [0.15, 0.2) is 28.7 Å². The minimum atomic E-state index is -0.233. The van der Waals surface area contributed by atoms with Gasteiger partial charge in [-0.25, -0.2) is 0 Å². The van der Waals surface area contributed by atoms with E-state index in [1.54, 1.807) is 0 Å². The SMILES string of the molecule is CC(O)CN1CCN(Cc2cccc(Br)c2)C(C)C1. The van der Waals surface area contributed by atoms with E-state index in [0.29, 0.717) is 6.04 Å². The fraction of sp³-hybridized carbons (Fsp3) is 0.600. The van der Waals surface area contributed by atoms with Gasteiger partial charge in [-0.15, -0.1) is 0 Å². The van der Waals surface area contributed by atoms with E-state index >= 15 is 0 Å². The van der Waals surface area contributed by atoms with Crippen molar-refractivity contribution in [1.29, 1.82) is 0 Å². The first-order chi connectivity index (χ1) is 9.04. The Morgan fingerprint density at radius 2 is 2.21 bits per heavy atom. The second kappa shape index (κ2) is 6.84.